The standard InChI is InChI=1S/C22H30N4O3/c1-2-22(18-10-4-3-5-11-18)20(28)26(21(29)23-22)24-19(27)15-25-13-12-16-8-6-7-9-17(16)14-25/h3-5,10-11,16-17H,2,6-9,12-15H2,1H3,(H,23,29)(H,24,27)/t16-,17+,22+/m0/s1. The van der Waals surface area contributed by atoms with E-state index < -0.39 is 17.5 Å². The molecule has 1 aromatic rings. The number of carbonyl (C=O) groups is 3. The summed E-state index contributed by atoms with van der Waals surface area (Å²) in [4.78, 5) is 40.4. The van der Waals surface area contributed by atoms with Gasteiger partial charge >= 0.3 is 6.03 Å². The van der Waals surface area contributed by atoms with E-state index in [9.17, 15) is 14.4 Å². The quantitative estimate of drug-likeness (QED) is 0.746. The molecule has 2 aliphatic heterocycles. The number of piperidine rings is 1. The zero-order valence-electron chi connectivity index (χ0n) is 17.0. The predicted molar refractivity (Wildman–Crippen MR) is 108 cm³/mol. The van der Waals surface area contributed by atoms with Crippen molar-refractivity contribution in [3.05, 3.63) is 35.9 Å². The third kappa shape index (κ3) is 3.75. The lowest BCUT2D eigenvalue weighted by molar-refractivity contribution is -0.140. The van der Waals surface area contributed by atoms with Crippen molar-refractivity contribution in [3.63, 3.8) is 0 Å². The number of rotatable bonds is 5. The number of likely N-dealkylation sites (tertiary alicyclic amines) is 1. The second kappa shape index (κ2) is 8.14. The van der Waals surface area contributed by atoms with Crippen LogP contribution in [0, 0.1) is 11.8 Å². The van der Waals surface area contributed by atoms with Crippen LogP contribution in [0.5, 0.6) is 0 Å². The Kier molecular flexibility index (Phi) is 5.58. The average Bonchev–Trinajstić information content (AvgIpc) is 2.99. The van der Waals surface area contributed by atoms with Gasteiger partial charge in [-0.2, -0.15) is 5.01 Å². The summed E-state index contributed by atoms with van der Waals surface area (Å²) in [6.07, 6.45) is 6.70. The molecule has 4 rings (SSSR count). The van der Waals surface area contributed by atoms with E-state index in [0.29, 0.717) is 12.3 Å². The number of fused-ring (bicyclic) bond motifs is 1. The van der Waals surface area contributed by atoms with Gasteiger partial charge in [-0.15, -0.1) is 0 Å². The summed E-state index contributed by atoms with van der Waals surface area (Å²) < 4.78 is 0. The zero-order chi connectivity index (χ0) is 20.4. The van der Waals surface area contributed by atoms with Crippen LogP contribution >= 0.6 is 0 Å². The van der Waals surface area contributed by atoms with Crippen molar-refractivity contribution in [3.8, 4) is 0 Å². The van der Waals surface area contributed by atoms with Crippen LogP contribution in [0.3, 0.4) is 0 Å². The Morgan fingerprint density at radius 1 is 1.14 bits per heavy atom. The highest BCUT2D eigenvalue weighted by Gasteiger charge is 2.52. The molecular weight excluding hydrogens is 368 g/mol. The lowest BCUT2D eigenvalue weighted by Gasteiger charge is -2.41. The van der Waals surface area contributed by atoms with E-state index in [1.807, 2.05) is 37.3 Å². The number of nitrogens with one attached hydrogen (secondary N) is 2. The van der Waals surface area contributed by atoms with Gasteiger partial charge in [0.15, 0.2) is 0 Å². The second-order valence-electron chi connectivity index (χ2n) is 8.56. The second-order valence-corrected chi connectivity index (χ2v) is 8.56. The molecule has 156 valence electrons. The van der Waals surface area contributed by atoms with E-state index in [0.717, 1.165) is 36.0 Å². The predicted octanol–water partition coefficient (Wildman–Crippen LogP) is 2.39. The van der Waals surface area contributed by atoms with Crippen molar-refractivity contribution >= 4 is 17.8 Å². The van der Waals surface area contributed by atoms with E-state index in [-0.39, 0.29) is 12.5 Å². The minimum Gasteiger partial charge on any atom is -0.318 e. The normalized spacial score (nSPS) is 30.0. The van der Waals surface area contributed by atoms with Crippen molar-refractivity contribution in [1.29, 1.82) is 0 Å². The smallest absolute Gasteiger partial charge is 0.318 e. The fourth-order valence-corrected chi connectivity index (χ4v) is 5.22. The topological polar surface area (TPSA) is 81.8 Å². The Labute approximate surface area is 171 Å². The van der Waals surface area contributed by atoms with Crippen molar-refractivity contribution in [2.75, 3.05) is 19.6 Å². The van der Waals surface area contributed by atoms with Crippen molar-refractivity contribution in [2.24, 2.45) is 11.8 Å². The van der Waals surface area contributed by atoms with Crippen LogP contribution in [-0.4, -0.2) is 47.4 Å². The number of hydrogen-bond donors (Lipinski definition) is 2. The molecule has 3 aliphatic rings. The van der Waals surface area contributed by atoms with Crippen molar-refractivity contribution in [1.82, 2.24) is 20.7 Å². The van der Waals surface area contributed by atoms with Crippen LogP contribution < -0.4 is 10.7 Å². The van der Waals surface area contributed by atoms with Gasteiger partial charge in [0.1, 0.15) is 5.54 Å². The van der Waals surface area contributed by atoms with E-state index in [1.165, 1.54) is 25.7 Å². The number of carbonyl (C=O) groups excluding carboxylic acids is 3. The summed E-state index contributed by atoms with van der Waals surface area (Å²) >= 11 is 0. The summed E-state index contributed by atoms with van der Waals surface area (Å²) in [6.45, 7) is 3.90. The summed E-state index contributed by atoms with van der Waals surface area (Å²) in [5.41, 5.74) is 2.13. The molecule has 2 saturated heterocycles. The maximum absolute atomic E-state index is 13.1. The molecular formula is C22H30N4O3. The van der Waals surface area contributed by atoms with Gasteiger partial charge in [-0.3, -0.25) is 19.9 Å². The molecule has 0 bridgehead atoms. The van der Waals surface area contributed by atoms with Crippen LogP contribution in [0.4, 0.5) is 4.79 Å². The molecule has 29 heavy (non-hydrogen) atoms. The lowest BCUT2D eigenvalue weighted by Crippen LogP contribution is -2.52. The first kappa shape index (κ1) is 19.9. The van der Waals surface area contributed by atoms with Gasteiger partial charge in [-0.1, -0.05) is 56.5 Å². The van der Waals surface area contributed by atoms with E-state index >= 15 is 0 Å². The third-order valence-electron chi connectivity index (χ3n) is 6.87. The first-order chi connectivity index (χ1) is 14.0. The van der Waals surface area contributed by atoms with Crippen LogP contribution in [0.25, 0.3) is 0 Å². The SMILES string of the molecule is CC[C@]1(c2ccccc2)NC(=O)N(NC(=O)CN2CC[C@@H]3CCCC[C@@H]3C2)C1=O. The number of amides is 4. The molecule has 2 heterocycles. The maximum atomic E-state index is 13.1. The minimum absolute atomic E-state index is 0.213. The summed E-state index contributed by atoms with van der Waals surface area (Å²) in [5, 5.41) is 3.64. The number of nitrogens with zero attached hydrogens (tertiary/aromatic N) is 2. The Morgan fingerprint density at radius 3 is 2.59 bits per heavy atom. The van der Waals surface area contributed by atoms with Gasteiger partial charge in [0.25, 0.3) is 11.8 Å². The molecule has 3 atom stereocenters. The molecule has 1 saturated carbocycles. The van der Waals surface area contributed by atoms with E-state index in [4.69, 9.17) is 0 Å². The fraction of sp³-hybridized carbons (Fsp3) is 0.591. The Balaban J connectivity index is 1.39. The molecule has 7 nitrogen and oxygen atoms in total. The monoisotopic (exact) mass is 398 g/mol. The van der Waals surface area contributed by atoms with Gasteiger partial charge in [0, 0.05) is 6.54 Å². The number of hydrogen-bond acceptors (Lipinski definition) is 4. The van der Waals surface area contributed by atoms with Crippen LogP contribution in [0.2, 0.25) is 0 Å². The number of benzene rings is 1. The summed E-state index contributed by atoms with van der Waals surface area (Å²) in [7, 11) is 0. The van der Waals surface area contributed by atoms with E-state index in [1.54, 1.807) is 0 Å². The van der Waals surface area contributed by atoms with Crippen LogP contribution in [0.1, 0.15) is 51.0 Å². The molecule has 0 aromatic heterocycles. The largest absolute Gasteiger partial charge is 0.344 e. The van der Waals surface area contributed by atoms with Gasteiger partial charge in [-0.25, -0.2) is 4.79 Å². The highest BCUT2D eigenvalue weighted by molar-refractivity contribution is 6.08. The molecule has 1 aliphatic carbocycles. The molecule has 0 unspecified atom stereocenters. The molecule has 1 aromatic carbocycles. The van der Waals surface area contributed by atoms with Crippen LogP contribution in [-0.2, 0) is 15.1 Å². The first-order valence-electron chi connectivity index (χ1n) is 10.8. The Hall–Kier alpha value is -2.41. The summed E-state index contributed by atoms with van der Waals surface area (Å²) in [6, 6.07) is 8.59. The molecule has 7 heteroatoms. The summed E-state index contributed by atoms with van der Waals surface area (Å²) in [5.74, 6) is 0.719. The van der Waals surface area contributed by atoms with Gasteiger partial charge < -0.3 is 5.32 Å². The highest BCUT2D eigenvalue weighted by atomic mass is 16.2. The molecule has 2 N–H and O–H groups in total. The number of imide groups is 1. The molecule has 0 radical (unpaired) electrons. The van der Waals surface area contributed by atoms with Crippen molar-refractivity contribution < 1.29 is 14.4 Å². The van der Waals surface area contributed by atoms with Gasteiger partial charge in [-0.05, 0) is 43.2 Å². The number of hydrazine groups is 1. The van der Waals surface area contributed by atoms with Crippen molar-refractivity contribution in [2.45, 2.75) is 51.0 Å². The maximum Gasteiger partial charge on any atom is 0.344 e. The number of urea groups is 1. The molecule has 0 spiro atoms. The minimum atomic E-state index is -1.13. The average molecular weight is 399 g/mol. The third-order valence-corrected chi connectivity index (χ3v) is 6.87. The van der Waals surface area contributed by atoms with Gasteiger partial charge in [0.05, 0.1) is 6.54 Å². The Bertz CT molecular complexity index is 784. The fourth-order valence-electron chi connectivity index (χ4n) is 5.22. The molecule has 3 fully saturated rings. The van der Waals surface area contributed by atoms with E-state index in [2.05, 4.69) is 15.6 Å². The Morgan fingerprint density at radius 2 is 1.86 bits per heavy atom. The highest BCUT2D eigenvalue weighted by Crippen LogP contribution is 2.36. The zero-order valence-corrected chi connectivity index (χ0v) is 17.0. The van der Waals surface area contributed by atoms with Gasteiger partial charge in [0.2, 0.25) is 0 Å². The molecule has 4 amide bonds. The lowest BCUT2D eigenvalue weighted by atomic mass is 9.75. The first-order valence-corrected chi connectivity index (χ1v) is 10.8. The van der Waals surface area contributed by atoms with Crippen LogP contribution in [0.15, 0.2) is 30.3 Å².